The van der Waals surface area contributed by atoms with Gasteiger partial charge in [-0.3, -0.25) is 0 Å². The molecule has 5 heteroatoms. The predicted molar refractivity (Wildman–Crippen MR) is 49.7 cm³/mol. The van der Waals surface area contributed by atoms with Gasteiger partial charge in [-0.15, -0.1) is 0 Å². The fraction of sp³-hybridized carbons (Fsp3) is 0.714. The van der Waals surface area contributed by atoms with Crippen LogP contribution >= 0.6 is 0 Å². The Balaban J connectivity index is 0. The molecule has 74 valence electrons. The van der Waals surface area contributed by atoms with Crippen LogP contribution in [0, 0.1) is 0 Å². The highest BCUT2D eigenvalue weighted by Crippen LogP contribution is 2.04. The van der Waals surface area contributed by atoms with Gasteiger partial charge in [-0.25, -0.2) is 0 Å². The molecule has 4 nitrogen and oxygen atoms in total. The smallest absolute Gasteiger partial charge is 0.397 e. The summed E-state index contributed by atoms with van der Waals surface area (Å²) in [6, 6.07) is 0. The van der Waals surface area contributed by atoms with E-state index < -0.39 is 8.80 Å². The molecule has 0 aliphatic carbocycles. The molecule has 0 aromatic heterocycles. The number of hydrogen-bond acceptors (Lipinski definition) is 4. The molecule has 0 amide bonds. The fourth-order valence-electron chi connectivity index (χ4n) is 0.500. The third-order valence-corrected chi connectivity index (χ3v) is 3.31. The van der Waals surface area contributed by atoms with E-state index in [0.29, 0.717) is 0 Å². The molecule has 0 aliphatic rings. The third kappa shape index (κ3) is 5.45. The van der Waals surface area contributed by atoms with E-state index in [9.17, 15) is 0 Å². The van der Waals surface area contributed by atoms with Gasteiger partial charge in [0.05, 0.1) is 0 Å². The zero-order chi connectivity index (χ0) is 10.0. The molecule has 0 heterocycles. The molecular weight excluding hydrogens is 176 g/mol. The molecule has 0 aromatic rings. The topological polar surface area (TPSA) is 47.9 Å². The molecule has 0 radical (unpaired) electrons. The summed E-state index contributed by atoms with van der Waals surface area (Å²) in [6.07, 6.45) is 0. The van der Waals surface area contributed by atoms with Crippen LogP contribution in [0.2, 0.25) is 0 Å². The average molecular weight is 194 g/mol. The van der Waals surface area contributed by atoms with Crippen LogP contribution in [0.4, 0.5) is 0 Å². The van der Waals surface area contributed by atoms with Crippen LogP contribution in [0.15, 0.2) is 12.3 Å². The second-order valence-corrected chi connectivity index (χ2v) is 4.58. The van der Waals surface area contributed by atoms with Crippen molar-refractivity contribution in [1.29, 1.82) is 0 Å². The van der Waals surface area contributed by atoms with Gasteiger partial charge in [-0.2, -0.15) is 0 Å². The maximum absolute atomic E-state index is 7.57. The van der Waals surface area contributed by atoms with Gasteiger partial charge >= 0.3 is 8.80 Å². The SMILES string of the molecule is C=C[Si](OC)(OC)OC.CCO. The third-order valence-electron chi connectivity index (χ3n) is 1.10. The molecule has 0 spiro atoms. The van der Waals surface area contributed by atoms with E-state index in [1.165, 1.54) is 0 Å². The van der Waals surface area contributed by atoms with Crippen LogP contribution in [0.1, 0.15) is 6.92 Å². The fourth-order valence-corrected chi connectivity index (χ4v) is 1.50. The van der Waals surface area contributed by atoms with Crippen molar-refractivity contribution in [2.75, 3.05) is 27.9 Å². The minimum Gasteiger partial charge on any atom is -0.397 e. The van der Waals surface area contributed by atoms with E-state index in [-0.39, 0.29) is 6.61 Å². The first-order valence-electron chi connectivity index (χ1n) is 3.56. The maximum Gasteiger partial charge on any atom is 0.528 e. The summed E-state index contributed by atoms with van der Waals surface area (Å²) < 4.78 is 14.9. The maximum atomic E-state index is 7.57. The first-order chi connectivity index (χ1) is 5.66. The second-order valence-electron chi connectivity index (χ2n) is 1.74. The minimum atomic E-state index is -2.43. The normalized spacial score (nSPS) is 10.1. The number of aliphatic hydroxyl groups excluding tert-OH is 1. The molecule has 0 bridgehead atoms. The molecule has 0 atom stereocenters. The molecule has 0 fully saturated rings. The minimum absolute atomic E-state index is 0.250. The lowest BCUT2D eigenvalue weighted by Gasteiger charge is -2.19. The summed E-state index contributed by atoms with van der Waals surface area (Å²) in [5, 5.41) is 7.57. The Morgan fingerprint density at radius 3 is 1.50 bits per heavy atom. The molecule has 0 aromatic carbocycles. The Morgan fingerprint density at radius 1 is 1.25 bits per heavy atom. The Labute approximate surface area is 75.1 Å². The standard InChI is InChI=1S/C5H12O3Si.C2H6O/c1-5-9(6-2,7-3)8-4;1-2-3/h5H,1H2,2-4H3;3H,2H2,1H3. The van der Waals surface area contributed by atoms with Crippen molar-refractivity contribution in [2.45, 2.75) is 6.92 Å². The van der Waals surface area contributed by atoms with Gasteiger partial charge in [0.15, 0.2) is 0 Å². The van der Waals surface area contributed by atoms with Crippen molar-refractivity contribution in [1.82, 2.24) is 0 Å². The van der Waals surface area contributed by atoms with Gasteiger partial charge in [-0.05, 0) is 12.6 Å². The van der Waals surface area contributed by atoms with Gasteiger partial charge in [0.25, 0.3) is 0 Å². The Hall–Kier alpha value is -0.203. The highest BCUT2D eigenvalue weighted by atomic mass is 28.4. The number of hydrogen-bond donors (Lipinski definition) is 1. The van der Waals surface area contributed by atoms with Crippen molar-refractivity contribution < 1.29 is 18.4 Å². The van der Waals surface area contributed by atoms with E-state index in [0.717, 1.165) is 0 Å². The Bertz CT molecular complexity index is 95.3. The van der Waals surface area contributed by atoms with E-state index in [2.05, 4.69) is 6.58 Å². The lowest BCUT2D eigenvalue weighted by molar-refractivity contribution is 0.138. The Morgan fingerprint density at radius 2 is 1.50 bits per heavy atom. The second kappa shape index (κ2) is 8.89. The molecule has 12 heavy (non-hydrogen) atoms. The van der Waals surface area contributed by atoms with Crippen LogP contribution in [0.3, 0.4) is 0 Å². The molecule has 0 saturated carbocycles. The monoisotopic (exact) mass is 194 g/mol. The van der Waals surface area contributed by atoms with Crippen LogP contribution < -0.4 is 0 Å². The van der Waals surface area contributed by atoms with Crippen molar-refractivity contribution in [3.8, 4) is 0 Å². The highest BCUT2D eigenvalue weighted by Gasteiger charge is 2.33. The van der Waals surface area contributed by atoms with Crippen molar-refractivity contribution >= 4 is 8.80 Å². The summed E-state index contributed by atoms with van der Waals surface area (Å²) in [7, 11) is 2.20. The van der Waals surface area contributed by atoms with E-state index in [1.807, 2.05) is 0 Å². The predicted octanol–water partition coefficient (Wildman–Crippen LogP) is 0.588. The van der Waals surface area contributed by atoms with Crippen molar-refractivity contribution in [2.24, 2.45) is 0 Å². The lowest BCUT2D eigenvalue weighted by Crippen LogP contribution is -2.40. The molecule has 0 aliphatic heterocycles. The van der Waals surface area contributed by atoms with Gasteiger partial charge in [0, 0.05) is 27.9 Å². The molecule has 0 saturated heterocycles. The van der Waals surface area contributed by atoms with Crippen LogP contribution in [-0.4, -0.2) is 41.8 Å². The van der Waals surface area contributed by atoms with Crippen molar-refractivity contribution in [3.63, 3.8) is 0 Å². The summed E-state index contributed by atoms with van der Waals surface area (Å²) in [4.78, 5) is 0. The molecule has 0 rings (SSSR count). The first kappa shape index (κ1) is 14.3. The number of rotatable bonds is 4. The quantitative estimate of drug-likeness (QED) is 0.665. The van der Waals surface area contributed by atoms with E-state index in [4.69, 9.17) is 18.4 Å². The first-order valence-corrected chi connectivity index (χ1v) is 5.36. The van der Waals surface area contributed by atoms with Gasteiger partial charge in [0.1, 0.15) is 0 Å². The lowest BCUT2D eigenvalue weighted by atomic mass is 10.9. The zero-order valence-electron chi connectivity index (χ0n) is 8.16. The highest BCUT2D eigenvalue weighted by molar-refractivity contribution is 6.66. The summed E-state index contributed by atoms with van der Waals surface area (Å²) in [5.41, 5.74) is 1.58. The van der Waals surface area contributed by atoms with Crippen LogP contribution in [0.25, 0.3) is 0 Å². The summed E-state index contributed by atoms with van der Waals surface area (Å²) in [5.74, 6) is 0. The molecule has 0 unspecified atom stereocenters. The summed E-state index contributed by atoms with van der Waals surface area (Å²) in [6.45, 7) is 5.46. The van der Waals surface area contributed by atoms with Gasteiger partial charge < -0.3 is 18.4 Å². The number of aliphatic hydroxyl groups is 1. The summed E-state index contributed by atoms with van der Waals surface area (Å²) >= 11 is 0. The Kier molecular flexibility index (Phi) is 10.6. The van der Waals surface area contributed by atoms with E-state index >= 15 is 0 Å². The average Bonchev–Trinajstić information content (AvgIpc) is 2.11. The molecule has 1 N–H and O–H groups in total. The zero-order valence-corrected chi connectivity index (χ0v) is 9.16. The van der Waals surface area contributed by atoms with Gasteiger partial charge in [-0.1, -0.05) is 6.58 Å². The molecular formula is C7H18O4Si. The largest absolute Gasteiger partial charge is 0.528 e. The van der Waals surface area contributed by atoms with Crippen molar-refractivity contribution in [3.05, 3.63) is 12.3 Å². The van der Waals surface area contributed by atoms with Crippen LogP contribution in [0.5, 0.6) is 0 Å². The van der Waals surface area contributed by atoms with Gasteiger partial charge in [0.2, 0.25) is 0 Å². The van der Waals surface area contributed by atoms with Crippen LogP contribution in [-0.2, 0) is 13.3 Å². The van der Waals surface area contributed by atoms with E-state index in [1.54, 1.807) is 34.0 Å².